The highest BCUT2D eigenvalue weighted by molar-refractivity contribution is 7.09. The van der Waals surface area contributed by atoms with Gasteiger partial charge in [-0.3, -0.25) is 0 Å². The van der Waals surface area contributed by atoms with E-state index in [9.17, 15) is 9.50 Å². The minimum Gasteiger partial charge on any atom is -0.378 e. The van der Waals surface area contributed by atoms with Crippen LogP contribution in [0.5, 0.6) is 0 Å². The second kappa shape index (κ2) is 7.96. The third kappa shape index (κ3) is 3.67. The van der Waals surface area contributed by atoms with Crippen LogP contribution in [-0.2, 0) is 10.3 Å². The lowest BCUT2D eigenvalue weighted by Crippen LogP contribution is -2.36. The standard InChI is InChI=1S/C23H21FN4O2S/c1-23(29,22-25-6-11-31-22)15-2-5-19(24)18(12-15)21-17-4-3-16(13-20(17)26-14-27-21)28-7-9-30-10-8-28/h2-6,11-14,29H,7-10H2,1H3. The van der Waals surface area contributed by atoms with Gasteiger partial charge in [0.1, 0.15) is 22.8 Å². The second-order valence-corrected chi connectivity index (χ2v) is 8.52. The third-order valence-electron chi connectivity index (χ3n) is 5.63. The first-order chi connectivity index (χ1) is 15.0. The Kier molecular flexibility index (Phi) is 5.13. The van der Waals surface area contributed by atoms with Crippen LogP contribution < -0.4 is 4.90 Å². The van der Waals surface area contributed by atoms with Crippen molar-refractivity contribution in [2.24, 2.45) is 0 Å². The van der Waals surface area contributed by atoms with Crippen molar-refractivity contribution in [3.63, 3.8) is 0 Å². The van der Waals surface area contributed by atoms with Crippen molar-refractivity contribution in [3.05, 3.63) is 70.7 Å². The summed E-state index contributed by atoms with van der Waals surface area (Å²) in [6.07, 6.45) is 3.09. The molecule has 4 aromatic rings. The first-order valence-electron chi connectivity index (χ1n) is 10.0. The van der Waals surface area contributed by atoms with E-state index in [1.54, 1.807) is 30.6 Å². The number of halogens is 1. The van der Waals surface area contributed by atoms with Gasteiger partial charge in [0, 0.05) is 41.3 Å². The molecular weight excluding hydrogens is 415 g/mol. The summed E-state index contributed by atoms with van der Waals surface area (Å²) in [5.74, 6) is -0.407. The molecule has 5 rings (SSSR count). The Bertz CT molecular complexity index is 1220. The fourth-order valence-corrected chi connectivity index (χ4v) is 4.59. The van der Waals surface area contributed by atoms with Crippen LogP contribution in [0.15, 0.2) is 54.3 Å². The van der Waals surface area contributed by atoms with E-state index < -0.39 is 11.4 Å². The molecule has 0 saturated carbocycles. The number of morpholine rings is 1. The maximum Gasteiger partial charge on any atom is 0.138 e. The van der Waals surface area contributed by atoms with Gasteiger partial charge in [0.2, 0.25) is 0 Å². The molecule has 0 bridgehead atoms. The maximum atomic E-state index is 14.9. The van der Waals surface area contributed by atoms with E-state index in [4.69, 9.17) is 4.74 Å². The number of rotatable bonds is 4. The molecule has 1 saturated heterocycles. The number of nitrogens with zero attached hydrogens (tertiary/aromatic N) is 4. The lowest BCUT2D eigenvalue weighted by molar-refractivity contribution is 0.102. The Morgan fingerprint density at radius 3 is 2.71 bits per heavy atom. The quantitative estimate of drug-likeness (QED) is 0.522. The lowest BCUT2D eigenvalue weighted by atomic mass is 9.93. The molecule has 0 amide bonds. The molecule has 0 spiro atoms. The van der Waals surface area contributed by atoms with Gasteiger partial charge < -0.3 is 14.7 Å². The van der Waals surface area contributed by atoms with Crippen LogP contribution in [0.3, 0.4) is 0 Å². The minimum absolute atomic E-state index is 0.320. The number of thiazole rings is 1. The molecule has 1 unspecified atom stereocenters. The van der Waals surface area contributed by atoms with Crippen LogP contribution in [0.1, 0.15) is 17.5 Å². The number of hydrogen-bond donors (Lipinski definition) is 1. The number of aromatic nitrogens is 3. The number of anilines is 1. The van der Waals surface area contributed by atoms with Gasteiger partial charge in [-0.2, -0.15) is 0 Å². The van der Waals surface area contributed by atoms with Gasteiger partial charge in [-0.1, -0.05) is 6.07 Å². The topological polar surface area (TPSA) is 71.4 Å². The summed E-state index contributed by atoms with van der Waals surface area (Å²) in [5.41, 5.74) is 1.83. The Labute approximate surface area is 183 Å². The molecule has 158 valence electrons. The van der Waals surface area contributed by atoms with Crippen molar-refractivity contribution in [2.45, 2.75) is 12.5 Å². The molecule has 1 fully saturated rings. The Balaban J connectivity index is 1.59. The van der Waals surface area contributed by atoms with E-state index in [0.717, 1.165) is 29.7 Å². The van der Waals surface area contributed by atoms with E-state index in [1.165, 1.54) is 23.7 Å². The van der Waals surface area contributed by atoms with E-state index in [1.807, 2.05) is 18.2 Å². The molecule has 1 atom stereocenters. The van der Waals surface area contributed by atoms with Crippen LogP contribution in [0, 0.1) is 5.82 Å². The molecule has 6 nitrogen and oxygen atoms in total. The Hall–Kier alpha value is -2.94. The largest absolute Gasteiger partial charge is 0.378 e. The molecule has 1 aliphatic heterocycles. The zero-order chi connectivity index (χ0) is 21.4. The Morgan fingerprint density at radius 2 is 1.94 bits per heavy atom. The third-order valence-corrected chi connectivity index (χ3v) is 6.61. The molecular formula is C23H21FN4O2S. The predicted octanol–water partition coefficient (Wildman–Crippen LogP) is 3.98. The van der Waals surface area contributed by atoms with E-state index in [0.29, 0.717) is 35.0 Å². The predicted molar refractivity (Wildman–Crippen MR) is 119 cm³/mol. The van der Waals surface area contributed by atoms with Gasteiger partial charge in [-0.15, -0.1) is 11.3 Å². The fourth-order valence-electron chi connectivity index (χ4n) is 3.88. The first kappa shape index (κ1) is 20.0. The SMILES string of the molecule is CC(O)(c1ccc(F)c(-c2ncnc3cc(N4CCOCC4)ccc23)c1)c1nccs1. The highest BCUT2D eigenvalue weighted by atomic mass is 32.1. The number of hydrogen-bond acceptors (Lipinski definition) is 7. The summed E-state index contributed by atoms with van der Waals surface area (Å²) in [5, 5.41) is 14.2. The van der Waals surface area contributed by atoms with Crippen molar-refractivity contribution in [1.29, 1.82) is 0 Å². The molecule has 8 heteroatoms. The van der Waals surface area contributed by atoms with Crippen molar-refractivity contribution < 1.29 is 14.2 Å². The van der Waals surface area contributed by atoms with E-state index in [-0.39, 0.29) is 0 Å². The van der Waals surface area contributed by atoms with Crippen LogP contribution in [-0.4, -0.2) is 46.4 Å². The summed E-state index contributed by atoms with van der Waals surface area (Å²) < 4.78 is 20.3. The maximum absolute atomic E-state index is 14.9. The minimum atomic E-state index is -1.33. The molecule has 0 aliphatic carbocycles. The average Bonchev–Trinajstić information content (AvgIpc) is 3.35. The summed E-state index contributed by atoms with van der Waals surface area (Å²) in [6.45, 7) is 4.71. The smallest absolute Gasteiger partial charge is 0.138 e. The van der Waals surface area contributed by atoms with E-state index in [2.05, 4.69) is 19.9 Å². The molecule has 31 heavy (non-hydrogen) atoms. The van der Waals surface area contributed by atoms with Crippen molar-refractivity contribution >= 4 is 27.9 Å². The first-order valence-corrected chi connectivity index (χ1v) is 10.9. The molecule has 2 aromatic carbocycles. The average molecular weight is 437 g/mol. The summed E-state index contributed by atoms with van der Waals surface area (Å²) in [6, 6.07) is 10.5. The van der Waals surface area contributed by atoms with Gasteiger partial charge in [0.25, 0.3) is 0 Å². The fraction of sp³-hybridized carbons (Fsp3) is 0.261. The van der Waals surface area contributed by atoms with Crippen molar-refractivity contribution in [1.82, 2.24) is 15.0 Å². The highest BCUT2D eigenvalue weighted by Crippen LogP contribution is 2.36. The number of ether oxygens (including phenoxy) is 1. The Morgan fingerprint density at radius 1 is 1.10 bits per heavy atom. The zero-order valence-corrected chi connectivity index (χ0v) is 17.8. The van der Waals surface area contributed by atoms with Crippen LogP contribution in [0.4, 0.5) is 10.1 Å². The monoisotopic (exact) mass is 436 g/mol. The second-order valence-electron chi connectivity index (χ2n) is 7.63. The zero-order valence-electron chi connectivity index (χ0n) is 17.0. The number of fused-ring (bicyclic) bond motifs is 1. The van der Waals surface area contributed by atoms with Gasteiger partial charge in [-0.05, 0) is 42.8 Å². The molecule has 1 N–H and O–H groups in total. The molecule has 3 heterocycles. The molecule has 2 aromatic heterocycles. The summed E-state index contributed by atoms with van der Waals surface area (Å²) >= 11 is 1.35. The van der Waals surface area contributed by atoms with Gasteiger partial charge >= 0.3 is 0 Å². The van der Waals surface area contributed by atoms with E-state index >= 15 is 0 Å². The lowest BCUT2D eigenvalue weighted by Gasteiger charge is -2.29. The van der Waals surface area contributed by atoms with Crippen LogP contribution in [0.25, 0.3) is 22.2 Å². The summed E-state index contributed by atoms with van der Waals surface area (Å²) in [7, 11) is 0. The van der Waals surface area contributed by atoms with Crippen LogP contribution >= 0.6 is 11.3 Å². The van der Waals surface area contributed by atoms with Crippen molar-refractivity contribution in [2.75, 3.05) is 31.2 Å². The number of benzene rings is 2. The van der Waals surface area contributed by atoms with Gasteiger partial charge in [-0.25, -0.2) is 19.3 Å². The number of aliphatic hydroxyl groups is 1. The molecule has 1 aliphatic rings. The molecule has 0 radical (unpaired) electrons. The van der Waals surface area contributed by atoms with Gasteiger partial charge in [0.15, 0.2) is 0 Å². The summed E-state index contributed by atoms with van der Waals surface area (Å²) in [4.78, 5) is 15.3. The normalized spacial score (nSPS) is 16.4. The highest BCUT2D eigenvalue weighted by Gasteiger charge is 2.29. The van der Waals surface area contributed by atoms with Crippen LogP contribution in [0.2, 0.25) is 0 Å². The van der Waals surface area contributed by atoms with Gasteiger partial charge in [0.05, 0.1) is 24.4 Å². The van der Waals surface area contributed by atoms with Crippen molar-refractivity contribution in [3.8, 4) is 11.3 Å².